The quantitative estimate of drug-likeness (QED) is 0.833. The first-order valence-electron chi connectivity index (χ1n) is 6.02. The summed E-state index contributed by atoms with van der Waals surface area (Å²) < 4.78 is 5.34. The molecule has 0 bridgehead atoms. The van der Waals surface area contributed by atoms with Crippen LogP contribution in [0.4, 0.5) is 0 Å². The lowest BCUT2D eigenvalue weighted by atomic mass is 9.81. The fourth-order valence-corrected chi connectivity index (χ4v) is 2.73. The number of fused-ring (bicyclic) bond motifs is 3. The topological polar surface area (TPSA) is 42.1 Å². The molecule has 1 aliphatic rings. The van der Waals surface area contributed by atoms with Gasteiger partial charge in [0.2, 0.25) is 0 Å². The molecule has 18 heavy (non-hydrogen) atoms. The maximum atomic E-state index is 12.5. The van der Waals surface area contributed by atoms with Gasteiger partial charge in [0.25, 0.3) is 0 Å². The first-order chi connectivity index (χ1) is 8.65. The first kappa shape index (κ1) is 11.2. The maximum absolute atomic E-state index is 12.5. The van der Waals surface area contributed by atoms with Crippen molar-refractivity contribution in [2.75, 3.05) is 7.11 Å². The number of nitrogens with one attached hydrogen (secondary N) is 1. The van der Waals surface area contributed by atoms with E-state index in [0.29, 0.717) is 0 Å². The van der Waals surface area contributed by atoms with Crippen LogP contribution in [0.1, 0.15) is 23.0 Å². The number of methoxy groups -OCH3 is 1. The molecule has 0 aliphatic heterocycles. The summed E-state index contributed by atoms with van der Waals surface area (Å²) in [5, 5.41) is 0.951. The lowest BCUT2D eigenvalue weighted by Crippen LogP contribution is -2.35. The Morgan fingerprint density at radius 2 is 2.06 bits per heavy atom. The molecule has 0 amide bonds. The van der Waals surface area contributed by atoms with Crippen molar-refractivity contribution in [2.24, 2.45) is 5.92 Å². The summed E-state index contributed by atoms with van der Waals surface area (Å²) in [7, 11) is 1.58. The number of rotatable bonds is 1. The summed E-state index contributed by atoms with van der Waals surface area (Å²) in [5.74, 6) is 0.0490. The Morgan fingerprint density at radius 1 is 1.33 bits per heavy atom. The molecule has 92 valence electrons. The Hall–Kier alpha value is -1.87. The van der Waals surface area contributed by atoms with Crippen LogP contribution >= 0.6 is 0 Å². The Bertz CT molecular complexity index is 654. The SMILES string of the molecule is C=C1c2[nH]c3ccccc3c2C(=O)[C@@H](OC)[C@@H]1C. The van der Waals surface area contributed by atoms with Gasteiger partial charge in [-0.2, -0.15) is 0 Å². The number of ether oxygens (including phenoxy) is 1. The molecule has 3 nitrogen and oxygen atoms in total. The molecule has 0 saturated heterocycles. The van der Waals surface area contributed by atoms with Gasteiger partial charge in [-0.15, -0.1) is 0 Å². The summed E-state index contributed by atoms with van der Waals surface area (Å²) in [6, 6.07) is 7.82. The van der Waals surface area contributed by atoms with Crippen LogP contribution < -0.4 is 0 Å². The molecule has 2 atom stereocenters. The summed E-state index contributed by atoms with van der Waals surface area (Å²) in [6.45, 7) is 6.08. The third-order valence-corrected chi connectivity index (χ3v) is 3.79. The maximum Gasteiger partial charge on any atom is 0.194 e. The van der Waals surface area contributed by atoms with Crippen LogP contribution in [0, 0.1) is 5.92 Å². The molecule has 1 N–H and O–H groups in total. The summed E-state index contributed by atoms with van der Waals surface area (Å²) in [4.78, 5) is 15.8. The van der Waals surface area contributed by atoms with E-state index in [4.69, 9.17) is 4.74 Å². The van der Waals surface area contributed by atoms with E-state index < -0.39 is 6.10 Å². The van der Waals surface area contributed by atoms with E-state index in [2.05, 4.69) is 11.6 Å². The lowest BCUT2D eigenvalue weighted by Gasteiger charge is -2.28. The van der Waals surface area contributed by atoms with Crippen molar-refractivity contribution in [1.82, 2.24) is 4.98 Å². The molecule has 0 saturated carbocycles. The van der Waals surface area contributed by atoms with Gasteiger partial charge in [-0.1, -0.05) is 31.7 Å². The van der Waals surface area contributed by atoms with Gasteiger partial charge in [0.05, 0.1) is 11.3 Å². The van der Waals surface area contributed by atoms with Crippen molar-refractivity contribution in [3.63, 3.8) is 0 Å². The Labute approximate surface area is 105 Å². The molecule has 0 spiro atoms. The second-order valence-corrected chi connectivity index (χ2v) is 4.76. The predicted octanol–water partition coefficient (Wildman–Crippen LogP) is 3.03. The smallest absolute Gasteiger partial charge is 0.194 e. The Morgan fingerprint density at radius 3 is 2.78 bits per heavy atom. The van der Waals surface area contributed by atoms with Crippen molar-refractivity contribution in [3.8, 4) is 0 Å². The van der Waals surface area contributed by atoms with Crippen molar-refractivity contribution >= 4 is 22.3 Å². The molecule has 2 aromatic rings. The third-order valence-electron chi connectivity index (χ3n) is 3.79. The Kier molecular flexibility index (Phi) is 2.38. The van der Waals surface area contributed by atoms with Crippen LogP contribution in [-0.2, 0) is 4.74 Å². The molecule has 3 heteroatoms. The third kappa shape index (κ3) is 1.31. The van der Waals surface area contributed by atoms with Gasteiger partial charge in [-0.3, -0.25) is 4.79 Å². The Balaban J connectivity index is 2.32. The highest BCUT2D eigenvalue weighted by molar-refractivity contribution is 6.16. The zero-order valence-corrected chi connectivity index (χ0v) is 10.5. The number of carbonyl (C=O) groups is 1. The second kappa shape index (κ2) is 3.82. The van der Waals surface area contributed by atoms with Gasteiger partial charge in [0.1, 0.15) is 6.10 Å². The summed E-state index contributed by atoms with van der Waals surface area (Å²) in [5.41, 5.74) is 3.50. The molecule has 1 aromatic carbocycles. The van der Waals surface area contributed by atoms with E-state index in [0.717, 1.165) is 27.7 Å². The summed E-state index contributed by atoms with van der Waals surface area (Å²) >= 11 is 0. The van der Waals surface area contributed by atoms with Crippen molar-refractivity contribution in [2.45, 2.75) is 13.0 Å². The molecular formula is C15H15NO2. The number of ketones is 1. The minimum Gasteiger partial charge on any atom is -0.373 e. The molecular weight excluding hydrogens is 226 g/mol. The van der Waals surface area contributed by atoms with Gasteiger partial charge in [-0.05, 0) is 11.6 Å². The van der Waals surface area contributed by atoms with Gasteiger partial charge < -0.3 is 9.72 Å². The zero-order chi connectivity index (χ0) is 12.9. The minimum absolute atomic E-state index is 0.00284. The number of aromatic nitrogens is 1. The van der Waals surface area contributed by atoms with E-state index in [-0.39, 0.29) is 11.7 Å². The van der Waals surface area contributed by atoms with E-state index in [9.17, 15) is 4.79 Å². The van der Waals surface area contributed by atoms with Crippen LogP contribution in [0.15, 0.2) is 30.8 Å². The monoisotopic (exact) mass is 241 g/mol. The van der Waals surface area contributed by atoms with Crippen molar-refractivity contribution < 1.29 is 9.53 Å². The van der Waals surface area contributed by atoms with Crippen molar-refractivity contribution in [3.05, 3.63) is 42.1 Å². The van der Waals surface area contributed by atoms with Crippen LogP contribution in [-0.4, -0.2) is 24.0 Å². The number of para-hydroxylation sites is 1. The highest BCUT2D eigenvalue weighted by atomic mass is 16.5. The van der Waals surface area contributed by atoms with E-state index in [1.165, 1.54) is 0 Å². The second-order valence-electron chi connectivity index (χ2n) is 4.76. The molecule has 1 heterocycles. The first-order valence-corrected chi connectivity index (χ1v) is 6.02. The number of Topliss-reactive ketones (excluding diaryl/α,β-unsaturated/α-hetero) is 1. The van der Waals surface area contributed by atoms with E-state index in [1.807, 2.05) is 31.2 Å². The molecule has 1 aliphatic carbocycles. The number of H-pyrrole nitrogens is 1. The number of hydrogen-bond donors (Lipinski definition) is 1. The van der Waals surface area contributed by atoms with Gasteiger partial charge in [-0.25, -0.2) is 0 Å². The van der Waals surface area contributed by atoms with Crippen LogP contribution in [0.25, 0.3) is 16.5 Å². The van der Waals surface area contributed by atoms with E-state index in [1.54, 1.807) is 7.11 Å². The number of benzene rings is 1. The van der Waals surface area contributed by atoms with Crippen molar-refractivity contribution in [1.29, 1.82) is 0 Å². The molecule has 0 radical (unpaired) electrons. The molecule has 1 aromatic heterocycles. The van der Waals surface area contributed by atoms with Gasteiger partial charge in [0.15, 0.2) is 5.78 Å². The molecule has 0 fully saturated rings. The zero-order valence-electron chi connectivity index (χ0n) is 10.5. The normalized spacial score (nSPS) is 23.4. The lowest BCUT2D eigenvalue weighted by molar-refractivity contribution is 0.0498. The standard InChI is InChI=1S/C15H15NO2/c1-8-9(2)15(18-3)14(17)12-10-6-4-5-7-11(10)16-13(8)12/h4-7,9,15-16H,1H2,2-3H3/t9-,15+/m1/s1. The van der Waals surface area contributed by atoms with Crippen LogP contribution in [0.3, 0.4) is 0 Å². The largest absolute Gasteiger partial charge is 0.373 e. The number of aromatic amines is 1. The average molecular weight is 241 g/mol. The average Bonchev–Trinajstić information content (AvgIpc) is 2.76. The number of carbonyl (C=O) groups excluding carboxylic acids is 1. The highest BCUT2D eigenvalue weighted by Crippen LogP contribution is 2.38. The van der Waals surface area contributed by atoms with Crippen LogP contribution in [0.2, 0.25) is 0 Å². The summed E-state index contributed by atoms with van der Waals surface area (Å²) in [6.07, 6.45) is -0.427. The van der Waals surface area contributed by atoms with E-state index >= 15 is 0 Å². The van der Waals surface area contributed by atoms with Gasteiger partial charge >= 0.3 is 0 Å². The number of hydrogen-bond acceptors (Lipinski definition) is 2. The van der Waals surface area contributed by atoms with Gasteiger partial charge in [0, 0.05) is 23.9 Å². The highest BCUT2D eigenvalue weighted by Gasteiger charge is 2.37. The fraction of sp³-hybridized carbons (Fsp3) is 0.267. The fourth-order valence-electron chi connectivity index (χ4n) is 2.73. The minimum atomic E-state index is -0.427. The molecule has 3 rings (SSSR count). The predicted molar refractivity (Wildman–Crippen MR) is 71.6 cm³/mol. The van der Waals surface area contributed by atoms with Crippen LogP contribution in [0.5, 0.6) is 0 Å². The molecule has 0 unspecified atom stereocenters.